The summed E-state index contributed by atoms with van der Waals surface area (Å²) in [5.41, 5.74) is 7.43. The van der Waals surface area contributed by atoms with Gasteiger partial charge in [-0.25, -0.2) is 18.4 Å². The van der Waals surface area contributed by atoms with Crippen molar-refractivity contribution in [1.29, 1.82) is 0 Å². The number of H-pyrrole nitrogens is 1. The summed E-state index contributed by atoms with van der Waals surface area (Å²) in [6.07, 6.45) is 4.15. The first-order valence-electron chi connectivity index (χ1n) is 8.57. The second-order valence-corrected chi connectivity index (χ2v) is 6.66. The van der Waals surface area contributed by atoms with Gasteiger partial charge in [-0.3, -0.25) is 0 Å². The Morgan fingerprint density at radius 3 is 2.73 bits per heavy atom. The van der Waals surface area contributed by atoms with Gasteiger partial charge in [-0.05, 0) is 42.5 Å². The molecule has 7 heteroatoms. The van der Waals surface area contributed by atoms with Crippen LogP contribution in [-0.4, -0.2) is 21.7 Å². The summed E-state index contributed by atoms with van der Waals surface area (Å²) < 4.78 is 28.9. The zero-order valence-corrected chi connectivity index (χ0v) is 14.1. The largest absolute Gasteiger partial charge is 0.359 e. The van der Waals surface area contributed by atoms with Crippen LogP contribution in [0.2, 0.25) is 0 Å². The van der Waals surface area contributed by atoms with Gasteiger partial charge in [-0.2, -0.15) is 0 Å². The third-order valence-corrected chi connectivity index (χ3v) is 4.92. The average Bonchev–Trinajstić information content (AvgIpc) is 3.34. The minimum absolute atomic E-state index is 0.523. The maximum Gasteiger partial charge on any atom is 0.227 e. The van der Waals surface area contributed by atoms with Gasteiger partial charge in [-0.15, -0.1) is 0 Å². The van der Waals surface area contributed by atoms with Crippen molar-refractivity contribution in [2.24, 2.45) is 0 Å². The summed E-state index contributed by atoms with van der Waals surface area (Å²) in [6.45, 7) is 0. The van der Waals surface area contributed by atoms with Gasteiger partial charge in [-0.1, -0.05) is 6.07 Å². The van der Waals surface area contributed by atoms with Crippen molar-refractivity contribution in [3.05, 3.63) is 53.7 Å². The summed E-state index contributed by atoms with van der Waals surface area (Å²) in [5.74, 6) is -0.513. The number of rotatable bonds is 4. The molecule has 0 radical (unpaired) electrons. The number of hydrogen-bond donors (Lipinski definition) is 3. The van der Waals surface area contributed by atoms with E-state index in [1.807, 2.05) is 11.7 Å². The van der Waals surface area contributed by atoms with Crippen LogP contribution in [0.1, 0.15) is 24.3 Å². The number of anilines is 2. The maximum absolute atomic E-state index is 13.6. The highest BCUT2D eigenvalue weighted by Gasteiger charge is 2.24. The summed E-state index contributed by atoms with van der Waals surface area (Å²) in [5, 5.41) is 3.78. The lowest BCUT2D eigenvalue weighted by atomic mass is 10.1. The first-order chi connectivity index (χ1) is 12.6. The monoisotopic (exact) mass is 353 g/mol. The van der Waals surface area contributed by atoms with E-state index in [0.717, 1.165) is 17.1 Å². The van der Waals surface area contributed by atoms with Crippen LogP contribution in [0, 0.1) is 11.6 Å². The van der Waals surface area contributed by atoms with E-state index in [4.69, 9.17) is 0 Å². The molecule has 2 heterocycles. The van der Waals surface area contributed by atoms with Crippen molar-refractivity contribution in [2.75, 3.05) is 17.8 Å². The second-order valence-electron chi connectivity index (χ2n) is 6.66. The van der Waals surface area contributed by atoms with Crippen LogP contribution in [0.5, 0.6) is 0 Å². The first-order valence-corrected chi connectivity index (χ1v) is 8.57. The van der Waals surface area contributed by atoms with E-state index >= 15 is 0 Å². The molecule has 0 atom stereocenters. The first kappa shape index (κ1) is 15.2. The van der Waals surface area contributed by atoms with Gasteiger partial charge >= 0.3 is 0 Å². The minimum Gasteiger partial charge on any atom is -0.359 e. The number of halogens is 2. The Balaban J connectivity index is 1.59. The van der Waals surface area contributed by atoms with Crippen LogP contribution >= 0.6 is 0 Å². The number of benzene rings is 2. The summed E-state index contributed by atoms with van der Waals surface area (Å²) >= 11 is 0. The number of imidazole rings is 1. The molecule has 1 aliphatic carbocycles. The van der Waals surface area contributed by atoms with Gasteiger partial charge in [0.2, 0.25) is 5.95 Å². The molecule has 0 saturated heterocycles. The second kappa shape index (κ2) is 5.45. The topological polar surface area (TPSA) is 57.7 Å². The molecule has 0 aliphatic heterocycles. The van der Waals surface area contributed by atoms with Crippen molar-refractivity contribution in [1.82, 2.24) is 14.6 Å². The highest BCUT2D eigenvalue weighted by atomic mass is 19.2. The van der Waals surface area contributed by atoms with Crippen LogP contribution in [0.3, 0.4) is 0 Å². The Bertz CT molecular complexity index is 1140. The van der Waals surface area contributed by atoms with Gasteiger partial charge in [0.1, 0.15) is 0 Å². The van der Waals surface area contributed by atoms with Gasteiger partial charge in [0.25, 0.3) is 0 Å². The number of nitrogens with one attached hydrogen (secondary N) is 3. The normalized spacial score (nSPS) is 14.3. The lowest BCUT2D eigenvalue weighted by Gasteiger charge is -2.09. The SMILES string of the molecule is CNn1c(Nc2c[nH]c3cc(F)c(F)cc23)nc2cc(C3CC3)ccc21. The molecule has 0 spiro atoms. The smallest absolute Gasteiger partial charge is 0.227 e. The molecule has 2 aromatic carbocycles. The number of nitrogens with zero attached hydrogens (tertiary/aromatic N) is 2. The van der Waals surface area contributed by atoms with E-state index in [9.17, 15) is 8.78 Å². The zero-order chi connectivity index (χ0) is 17.8. The number of aromatic nitrogens is 3. The van der Waals surface area contributed by atoms with E-state index in [-0.39, 0.29) is 0 Å². The maximum atomic E-state index is 13.6. The zero-order valence-electron chi connectivity index (χ0n) is 14.1. The molecule has 3 N–H and O–H groups in total. The molecule has 5 rings (SSSR count). The molecule has 0 unspecified atom stereocenters. The third kappa shape index (κ3) is 2.31. The van der Waals surface area contributed by atoms with E-state index < -0.39 is 11.6 Å². The number of hydrogen-bond acceptors (Lipinski definition) is 3. The summed E-state index contributed by atoms with van der Waals surface area (Å²) in [7, 11) is 1.81. The van der Waals surface area contributed by atoms with E-state index in [0.29, 0.717) is 28.5 Å². The Kier molecular flexibility index (Phi) is 3.19. The molecule has 132 valence electrons. The average molecular weight is 353 g/mol. The van der Waals surface area contributed by atoms with Crippen LogP contribution in [-0.2, 0) is 0 Å². The van der Waals surface area contributed by atoms with Crippen LogP contribution in [0.25, 0.3) is 21.9 Å². The molecule has 0 bridgehead atoms. The van der Waals surface area contributed by atoms with Crippen molar-refractivity contribution >= 4 is 33.6 Å². The van der Waals surface area contributed by atoms with Gasteiger partial charge in [0, 0.05) is 24.7 Å². The number of fused-ring (bicyclic) bond motifs is 2. The molecule has 5 nitrogen and oxygen atoms in total. The summed E-state index contributed by atoms with van der Waals surface area (Å²) in [4.78, 5) is 7.64. The fraction of sp³-hybridized carbons (Fsp3) is 0.211. The molecule has 1 aliphatic rings. The molecule has 26 heavy (non-hydrogen) atoms. The number of aromatic amines is 1. The van der Waals surface area contributed by atoms with Crippen molar-refractivity contribution < 1.29 is 8.78 Å². The summed E-state index contributed by atoms with van der Waals surface area (Å²) in [6, 6.07) is 8.65. The highest BCUT2D eigenvalue weighted by Crippen LogP contribution is 2.41. The van der Waals surface area contributed by atoms with Crippen molar-refractivity contribution in [3.8, 4) is 0 Å². The molecule has 2 aromatic heterocycles. The fourth-order valence-corrected chi connectivity index (χ4v) is 3.42. The Labute approximate surface area is 148 Å². The molecular formula is C19H17F2N5. The predicted octanol–water partition coefficient (Wildman–Crippen LogP) is 4.59. The van der Waals surface area contributed by atoms with E-state index in [2.05, 4.69) is 38.9 Å². The standard InChI is InChI=1S/C19H17F2N5/c1-22-26-18-5-4-11(10-2-3-10)6-16(18)24-19(26)25-17-9-23-15-8-14(21)13(20)7-12(15)17/h4-10,22-23H,2-3H2,1H3,(H,24,25). The van der Waals surface area contributed by atoms with Crippen LogP contribution in [0.15, 0.2) is 36.5 Å². The van der Waals surface area contributed by atoms with Gasteiger partial charge in [0.15, 0.2) is 11.6 Å². The molecule has 1 saturated carbocycles. The lowest BCUT2D eigenvalue weighted by molar-refractivity contribution is 0.511. The Morgan fingerprint density at radius 1 is 1.15 bits per heavy atom. The van der Waals surface area contributed by atoms with E-state index in [1.165, 1.54) is 24.5 Å². The third-order valence-electron chi connectivity index (χ3n) is 4.92. The lowest BCUT2D eigenvalue weighted by Crippen LogP contribution is -2.11. The molecule has 4 aromatic rings. The molecule has 1 fully saturated rings. The van der Waals surface area contributed by atoms with Crippen LogP contribution < -0.4 is 10.7 Å². The van der Waals surface area contributed by atoms with Crippen molar-refractivity contribution in [2.45, 2.75) is 18.8 Å². The predicted molar refractivity (Wildman–Crippen MR) is 98.5 cm³/mol. The van der Waals surface area contributed by atoms with E-state index in [1.54, 1.807) is 6.20 Å². The van der Waals surface area contributed by atoms with Gasteiger partial charge < -0.3 is 15.7 Å². The fourth-order valence-electron chi connectivity index (χ4n) is 3.42. The van der Waals surface area contributed by atoms with Crippen LogP contribution in [0.4, 0.5) is 20.4 Å². The highest BCUT2D eigenvalue weighted by molar-refractivity contribution is 5.94. The van der Waals surface area contributed by atoms with Crippen molar-refractivity contribution in [3.63, 3.8) is 0 Å². The quantitative estimate of drug-likeness (QED) is 0.503. The minimum atomic E-state index is -0.878. The Morgan fingerprint density at radius 2 is 1.96 bits per heavy atom. The van der Waals surface area contributed by atoms with Gasteiger partial charge in [0.05, 0.1) is 22.2 Å². The molecular weight excluding hydrogens is 336 g/mol. The Hall–Kier alpha value is -3.09. The molecule has 0 amide bonds.